The number of nitro groups is 1. The van der Waals surface area contributed by atoms with Crippen LogP contribution in [0.4, 0.5) is 17.2 Å². The number of hydrogen-bond acceptors (Lipinski definition) is 11. The number of carbonyl (C=O) groups excluding carboxylic acids is 4. The molecule has 2 aliphatic heterocycles. The molecule has 60 heavy (non-hydrogen) atoms. The van der Waals surface area contributed by atoms with Gasteiger partial charge in [-0.1, -0.05) is 35.4 Å². The highest BCUT2D eigenvalue weighted by molar-refractivity contribution is 7.22. The number of benzene rings is 3. The van der Waals surface area contributed by atoms with E-state index in [9.17, 15) is 29.6 Å². The van der Waals surface area contributed by atoms with Crippen molar-refractivity contribution in [3.8, 4) is 27.8 Å². The number of amides is 4. The molecule has 3 aromatic carbocycles. The number of imide groups is 2. The minimum Gasteiger partial charge on any atom is -0.502 e. The van der Waals surface area contributed by atoms with Gasteiger partial charge in [0.25, 0.3) is 5.69 Å². The molecular formula is C44H38ClN5O9S. The number of non-ortho nitro benzene ring substituents is 1. The van der Waals surface area contributed by atoms with Gasteiger partial charge in [0.2, 0.25) is 29.4 Å². The Morgan fingerprint density at radius 2 is 1.67 bits per heavy atom. The van der Waals surface area contributed by atoms with Crippen LogP contribution in [0.25, 0.3) is 26.7 Å². The van der Waals surface area contributed by atoms with Crippen molar-refractivity contribution in [2.24, 2.45) is 42.1 Å². The number of aromatic hydroxyl groups is 1. The van der Waals surface area contributed by atoms with Crippen LogP contribution in [0.15, 0.2) is 78.4 Å². The van der Waals surface area contributed by atoms with E-state index in [0.717, 1.165) is 31.0 Å². The number of allylic oxidation sites excluding steroid dienone is 3. The van der Waals surface area contributed by atoms with Gasteiger partial charge in [-0.2, -0.15) is 5.10 Å². The SMILES string of the molecule is COc1cc(C=CC2C3=CCC4C(=O)N(c5ccc([N+](=O)[O-])cc5)C(=O)C4C3CC3C(=O)N(c4cc(-c5sc6ccc(Cl)cc6c5C)nn4C)C(=O)C23C)cc(OC)c1O. The van der Waals surface area contributed by atoms with E-state index in [-0.39, 0.29) is 41.5 Å². The van der Waals surface area contributed by atoms with E-state index in [2.05, 4.69) is 0 Å². The van der Waals surface area contributed by atoms with Crippen LogP contribution in [0.1, 0.15) is 30.9 Å². The zero-order chi connectivity index (χ0) is 42.5. The third-order valence-corrected chi connectivity index (χ3v) is 14.4. The molecule has 4 heterocycles. The lowest BCUT2D eigenvalue weighted by Gasteiger charge is -2.47. The number of phenols is 1. The van der Waals surface area contributed by atoms with Gasteiger partial charge in [-0.05, 0) is 91.6 Å². The van der Waals surface area contributed by atoms with E-state index in [0.29, 0.717) is 22.1 Å². The zero-order valence-electron chi connectivity index (χ0n) is 33.0. The number of hydrogen-bond donors (Lipinski definition) is 1. The second kappa shape index (κ2) is 14.2. The van der Waals surface area contributed by atoms with Gasteiger partial charge < -0.3 is 14.6 Å². The number of phenolic OH excluding ortho intramolecular Hbond substituents is 1. The predicted octanol–water partition coefficient (Wildman–Crippen LogP) is 7.88. The topological polar surface area (TPSA) is 174 Å². The summed E-state index contributed by atoms with van der Waals surface area (Å²) in [5.41, 5.74) is 1.63. The van der Waals surface area contributed by atoms with Gasteiger partial charge in [-0.3, -0.25) is 38.9 Å². The highest BCUT2D eigenvalue weighted by atomic mass is 35.5. The average molecular weight is 848 g/mol. The van der Waals surface area contributed by atoms with Crippen molar-refractivity contribution in [1.82, 2.24) is 9.78 Å². The van der Waals surface area contributed by atoms with Crippen LogP contribution in [0.5, 0.6) is 17.2 Å². The molecule has 14 nitrogen and oxygen atoms in total. The van der Waals surface area contributed by atoms with Crippen LogP contribution < -0.4 is 19.3 Å². The number of methoxy groups -OCH3 is 2. The van der Waals surface area contributed by atoms with E-state index < -0.39 is 63.6 Å². The maximum absolute atomic E-state index is 15.2. The van der Waals surface area contributed by atoms with Crippen molar-refractivity contribution in [2.75, 3.05) is 24.0 Å². The Morgan fingerprint density at radius 1 is 0.967 bits per heavy atom. The molecular weight excluding hydrogens is 810 g/mol. The molecule has 5 aromatic rings. The summed E-state index contributed by atoms with van der Waals surface area (Å²) in [6, 6.07) is 15.9. The standard InChI is InChI=1S/C44H38ClN5O9S/c1-21-28-18-23(45)7-15-35(28)60-39(21)32-20-36(47(3)46-32)49-41(53)31-19-29-26(12-13-27-37(29)42(54)48(40(27)52)24-8-10-25(11-9-24)50(56)57)30(44(31,2)43(49)55)14-6-22-16-33(58-4)38(51)34(17-22)59-5/h6-12,14-18,20,27,29-31,37,51H,13,19H2,1-5H3. The van der Waals surface area contributed by atoms with Crippen molar-refractivity contribution in [1.29, 1.82) is 0 Å². The molecule has 0 spiro atoms. The van der Waals surface area contributed by atoms with Gasteiger partial charge in [0.05, 0.1) is 52.9 Å². The van der Waals surface area contributed by atoms with E-state index in [1.54, 1.807) is 38.2 Å². The second-order valence-electron chi connectivity index (χ2n) is 15.8. The van der Waals surface area contributed by atoms with Crippen LogP contribution in [0, 0.1) is 52.0 Å². The number of carbonyl (C=O) groups is 4. The van der Waals surface area contributed by atoms with Gasteiger partial charge in [0, 0.05) is 40.9 Å². The number of fused-ring (bicyclic) bond motifs is 5. The Labute approximate surface area is 352 Å². The molecule has 1 saturated carbocycles. The zero-order valence-corrected chi connectivity index (χ0v) is 34.6. The number of nitrogens with zero attached hydrogens (tertiary/aromatic N) is 5. The molecule has 9 rings (SSSR count). The molecule has 6 unspecified atom stereocenters. The average Bonchev–Trinajstić information content (AvgIpc) is 3.90. The fourth-order valence-corrected chi connectivity index (χ4v) is 11.2. The first kappa shape index (κ1) is 39.2. The summed E-state index contributed by atoms with van der Waals surface area (Å²) in [4.78, 5) is 72.6. The van der Waals surface area contributed by atoms with E-state index >= 15 is 4.79 Å². The molecule has 16 heteroatoms. The summed E-state index contributed by atoms with van der Waals surface area (Å²) < 4.78 is 13.3. The number of thiophene rings is 1. The maximum atomic E-state index is 15.2. The van der Waals surface area contributed by atoms with Gasteiger partial charge in [-0.25, -0.2) is 4.90 Å². The summed E-state index contributed by atoms with van der Waals surface area (Å²) in [7, 11) is 4.53. The Kier molecular flexibility index (Phi) is 9.24. The fourth-order valence-electron chi connectivity index (χ4n) is 9.85. The molecule has 6 atom stereocenters. The van der Waals surface area contributed by atoms with Gasteiger partial charge in [0.15, 0.2) is 11.5 Å². The molecule has 0 bridgehead atoms. The molecule has 4 aliphatic rings. The van der Waals surface area contributed by atoms with Crippen molar-refractivity contribution < 1.29 is 38.7 Å². The van der Waals surface area contributed by atoms with E-state index in [1.807, 2.05) is 37.3 Å². The number of halogens is 1. The van der Waals surface area contributed by atoms with E-state index in [4.69, 9.17) is 26.2 Å². The van der Waals surface area contributed by atoms with Crippen molar-refractivity contribution in [3.63, 3.8) is 0 Å². The van der Waals surface area contributed by atoms with Gasteiger partial charge >= 0.3 is 0 Å². The van der Waals surface area contributed by atoms with Crippen LogP contribution in [-0.4, -0.2) is 57.7 Å². The molecule has 2 aromatic heterocycles. The minimum atomic E-state index is -1.33. The normalized spacial score (nSPS) is 24.9. The fraction of sp³-hybridized carbons (Fsp3) is 0.295. The Morgan fingerprint density at radius 3 is 2.33 bits per heavy atom. The summed E-state index contributed by atoms with van der Waals surface area (Å²) in [5.74, 6) is -5.06. The molecule has 306 valence electrons. The van der Waals surface area contributed by atoms with Crippen LogP contribution in [0.2, 0.25) is 5.02 Å². The molecule has 1 N–H and O–H groups in total. The first-order valence-corrected chi connectivity index (χ1v) is 20.4. The first-order valence-electron chi connectivity index (χ1n) is 19.2. The smallest absolute Gasteiger partial charge is 0.269 e. The third kappa shape index (κ3) is 5.69. The van der Waals surface area contributed by atoms with Gasteiger partial charge in [-0.15, -0.1) is 11.3 Å². The second-order valence-corrected chi connectivity index (χ2v) is 17.3. The lowest BCUT2D eigenvalue weighted by Crippen LogP contribution is -2.49. The molecule has 2 aliphatic carbocycles. The number of aryl methyl sites for hydroxylation is 2. The molecule has 4 amide bonds. The highest BCUT2D eigenvalue weighted by Crippen LogP contribution is 2.61. The van der Waals surface area contributed by atoms with Crippen molar-refractivity contribution in [2.45, 2.75) is 26.7 Å². The first-order chi connectivity index (χ1) is 28.7. The summed E-state index contributed by atoms with van der Waals surface area (Å²) in [6.07, 6.45) is 5.90. The number of nitro benzene ring substituents is 1. The Balaban J connectivity index is 1.14. The van der Waals surface area contributed by atoms with Crippen molar-refractivity contribution in [3.05, 3.63) is 105 Å². The number of ether oxygens (including phenoxy) is 2. The van der Waals surface area contributed by atoms with Crippen LogP contribution in [-0.2, 0) is 26.2 Å². The lowest BCUT2D eigenvalue weighted by molar-refractivity contribution is -0.384. The number of rotatable bonds is 8. The summed E-state index contributed by atoms with van der Waals surface area (Å²) in [6.45, 7) is 3.77. The van der Waals surface area contributed by atoms with Crippen LogP contribution in [0.3, 0.4) is 0 Å². The quantitative estimate of drug-likeness (QED) is 0.0700. The van der Waals surface area contributed by atoms with Gasteiger partial charge in [0.1, 0.15) is 11.5 Å². The maximum Gasteiger partial charge on any atom is 0.269 e. The Hall–Kier alpha value is -6.32. The Bertz CT molecular complexity index is 2750. The number of anilines is 2. The van der Waals surface area contributed by atoms with E-state index in [1.165, 1.54) is 59.4 Å². The minimum absolute atomic E-state index is 0.129. The third-order valence-electron chi connectivity index (χ3n) is 12.9. The summed E-state index contributed by atoms with van der Waals surface area (Å²) >= 11 is 7.86. The molecule has 2 saturated heterocycles. The predicted molar refractivity (Wildman–Crippen MR) is 225 cm³/mol. The monoisotopic (exact) mass is 847 g/mol. The van der Waals surface area contributed by atoms with Crippen molar-refractivity contribution >= 4 is 79.9 Å². The lowest BCUT2D eigenvalue weighted by atomic mass is 9.52. The van der Waals surface area contributed by atoms with Crippen LogP contribution >= 0.6 is 22.9 Å². The highest BCUT2D eigenvalue weighted by Gasteiger charge is 2.67. The molecule has 0 radical (unpaired) electrons. The molecule has 3 fully saturated rings. The number of aromatic nitrogens is 2. The summed E-state index contributed by atoms with van der Waals surface area (Å²) in [5, 5.41) is 28.4. The largest absolute Gasteiger partial charge is 0.502 e.